The van der Waals surface area contributed by atoms with Gasteiger partial charge >= 0.3 is 0 Å². The first-order valence-electron chi connectivity index (χ1n) is 7.51. The average molecular weight is 437 g/mol. The highest BCUT2D eigenvalue weighted by molar-refractivity contribution is 9.10. The summed E-state index contributed by atoms with van der Waals surface area (Å²) in [5, 5.41) is 6.69. The van der Waals surface area contributed by atoms with Gasteiger partial charge in [0.1, 0.15) is 12.4 Å². The second-order valence-corrected chi connectivity index (χ2v) is 6.72. The Morgan fingerprint density at radius 1 is 1.19 bits per heavy atom. The minimum atomic E-state index is -0.579. The summed E-state index contributed by atoms with van der Waals surface area (Å²) in [5.41, 5.74) is 1.29. The summed E-state index contributed by atoms with van der Waals surface area (Å²) in [6.45, 7) is -0.282. The van der Waals surface area contributed by atoms with Crippen LogP contribution in [0.1, 0.15) is 0 Å². The Bertz CT molecular complexity index is 1040. The van der Waals surface area contributed by atoms with Crippen molar-refractivity contribution in [2.24, 2.45) is 0 Å². The van der Waals surface area contributed by atoms with E-state index in [9.17, 15) is 14.0 Å². The minimum absolute atomic E-state index is 0.102. The third-order valence-corrected chi connectivity index (χ3v) is 4.27. The number of carbonyl (C=O) groups excluding carboxylic acids is 1. The van der Waals surface area contributed by atoms with Crippen LogP contribution in [-0.4, -0.2) is 15.7 Å². The first-order valence-corrected chi connectivity index (χ1v) is 8.68. The maximum Gasteiger partial charge on any atom is 0.267 e. The van der Waals surface area contributed by atoms with Gasteiger partial charge in [0.2, 0.25) is 5.91 Å². The third kappa shape index (κ3) is 4.36. The summed E-state index contributed by atoms with van der Waals surface area (Å²) in [5.74, 6) is -1.06. The molecule has 1 N–H and O–H groups in total. The molecule has 0 unspecified atom stereocenters. The van der Waals surface area contributed by atoms with Gasteiger partial charge in [0.05, 0.1) is 10.7 Å². The van der Waals surface area contributed by atoms with E-state index in [1.54, 1.807) is 6.07 Å². The van der Waals surface area contributed by atoms with E-state index in [2.05, 4.69) is 26.3 Å². The van der Waals surface area contributed by atoms with Crippen molar-refractivity contribution in [1.29, 1.82) is 0 Å². The van der Waals surface area contributed by atoms with Crippen molar-refractivity contribution in [3.8, 4) is 11.3 Å². The highest BCUT2D eigenvalue weighted by atomic mass is 79.9. The Balaban J connectivity index is 1.80. The topological polar surface area (TPSA) is 64.0 Å². The van der Waals surface area contributed by atoms with E-state index in [1.165, 1.54) is 18.2 Å². The molecule has 0 bridgehead atoms. The number of halogens is 3. The van der Waals surface area contributed by atoms with Crippen molar-refractivity contribution < 1.29 is 9.18 Å². The number of rotatable bonds is 4. The van der Waals surface area contributed by atoms with Gasteiger partial charge in [-0.2, -0.15) is 5.10 Å². The molecule has 0 radical (unpaired) electrons. The van der Waals surface area contributed by atoms with Crippen molar-refractivity contribution in [3.63, 3.8) is 0 Å². The molecule has 8 heteroatoms. The van der Waals surface area contributed by atoms with Gasteiger partial charge in [0.25, 0.3) is 5.56 Å². The van der Waals surface area contributed by atoms with Crippen molar-refractivity contribution in [3.05, 3.63) is 80.3 Å². The van der Waals surface area contributed by atoms with Gasteiger partial charge < -0.3 is 5.32 Å². The number of nitrogens with one attached hydrogen (secondary N) is 1. The number of carbonyl (C=O) groups is 1. The molecule has 1 amide bonds. The van der Waals surface area contributed by atoms with Gasteiger partial charge in [0, 0.05) is 21.8 Å². The fourth-order valence-electron chi connectivity index (χ4n) is 2.27. The lowest BCUT2D eigenvalue weighted by Crippen LogP contribution is -2.29. The molecule has 132 valence electrons. The molecule has 0 spiro atoms. The zero-order valence-corrected chi connectivity index (χ0v) is 15.6. The van der Waals surface area contributed by atoms with Crippen LogP contribution in [0.4, 0.5) is 10.1 Å². The first kappa shape index (κ1) is 18.3. The normalized spacial score (nSPS) is 10.6. The number of anilines is 1. The maximum atomic E-state index is 13.2. The molecule has 0 saturated heterocycles. The molecule has 26 heavy (non-hydrogen) atoms. The van der Waals surface area contributed by atoms with E-state index in [0.29, 0.717) is 11.4 Å². The molecule has 0 aliphatic rings. The number of benzene rings is 2. The summed E-state index contributed by atoms with van der Waals surface area (Å²) in [6, 6.07) is 14.2. The molecule has 3 aromatic rings. The second-order valence-electron chi connectivity index (χ2n) is 5.40. The molecular formula is C18H12BrClFN3O2. The number of hydrogen-bond donors (Lipinski definition) is 1. The molecule has 0 atom stereocenters. The molecule has 2 aromatic carbocycles. The Morgan fingerprint density at radius 2 is 2.00 bits per heavy atom. The van der Waals surface area contributed by atoms with Crippen LogP contribution in [0.15, 0.2) is 63.9 Å². The molecule has 0 saturated carbocycles. The van der Waals surface area contributed by atoms with Crippen LogP contribution >= 0.6 is 27.5 Å². The maximum absolute atomic E-state index is 13.2. The van der Waals surface area contributed by atoms with Gasteiger partial charge in [-0.3, -0.25) is 9.59 Å². The lowest BCUT2D eigenvalue weighted by Gasteiger charge is -2.09. The Labute approximate surface area is 161 Å². The Morgan fingerprint density at radius 3 is 2.73 bits per heavy atom. The van der Waals surface area contributed by atoms with Gasteiger partial charge in [-0.15, -0.1) is 0 Å². The van der Waals surface area contributed by atoms with Crippen LogP contribution in [0.25, 0.3) is 11.3 Å². The molecule has 0 aliphatic carbocycles. The average Bonchev–Trinajstić information content (AvgIpc) is 2.60. The van der Waals surface area contributed by atoms with Gasteiger partial charge in [-0.05, 0) is 36.4 Å². The SMILES string of the molecule is O=C(Cn1nc(-c2cccc(Br)c2)ccc1=O)Nc1ccc(F)c(Cl)c1. The summed E-state index contributed by atoms with van der Waals surface area (Å²) < 4.78 is 15.1. The van der Waals surface area contributed by atoms with Crippen LogP contribution in [-0.2, 0) is 11.3 Å². The zero-order chi connectivity index (χ0) is 18.7. The minimum Gasteiger partial charge on any atom is -0.324 e. The largest absolute Gasteiger partial charge is 0.324 e. The highest BCUT2D eigenvalue weighted by Crippen LogP contribution is 2.21. The Hall–Kier alpha value is -2.51. The van der Waals surface area contributed by atoms with Crippen LogP contribution in [0, 0.1) is 5.82 Å². The summed E-state index contributed by atoms with van der Waals surface area (Å²) in [6.07, 6.45) is 0. The summed E-state index contributed by atoms with van der Waals surface area (Å²) in [7, 11) is 0. The number of hydrogen-bond acceptors (Lipinski definition) is 3. The lowest BCUT2D eigenvalue weighted by molar-refractivity contribution is -0.117. The van der Waals surface area contributed by atoms with Crippen molar-refractivity contribution in [1.82, 2.24) is 9.78 Å². The third-order valence-electron chi connectivity index (χ3n) is 3.48. The van der Waals surface area contributed by atoms with Crippen LogP contribution in [0.3, 0.4) is 0 Å². The smallest absolute Gasteiger partial charge is 0.267 e. The van der Waals surface area contributed by atoms with E-state index < -0.39 is 17.3 Å². The summed E-state index contributed by atoms with van der Waals surface area (Å²) >= 11 is 9.07. The van der Waals surface area contributed by atoms with Gasteiger partial charge in [-0.1, -0.05) is 39.7 Å². The predicted molar refractivity (Wildman–Crippen MR) is 102 cm³/mol. The second kappa shape index (κ2) is 7.80. The number of nitrogens with zero attached hydrogens (tertiary/aromatic N) is 2. The highest BCUT2D eigenvalue weighted by Gasteiger charge is 2.10. The molecule has 0 aliphatic heterocycles. The van der Waals surface area contributed by atoms with Crippen LogP contribution in [0.2, 0.25) is 5.02 Å². The van der Waals surface area contributed by atoms with Crippen LogP contribution in [0.5, 0.6) is 0 Å². The fraction of sp³-hybridized carbons (Fsp3) is 0.0556. The van der Waals surface area contributed by atoms with E-state index in [1.807, 2.05) is 24.3 Å². The molecule has 3 rings (SSSR count). The monoisotopic (exact) mass is 435 g/mol. The lowest BCUT2D eigenvalue weighted by atomic mass is 10.1. The Kier molecular flexibility index (Phi) is 5.49. The number of amides is 1. The molecule has 1 aromatic heterocycles. The van der Waals surface area contributed by atoms with Crippen molar-refractivity contribution in [2.75, 3.05) is 5.32 Å². The predicted octanol–water partition coefficient (Wildman–Crippen LogP) is 4.10. The zero-order valence-electron chi connectivity index (χ0n) is 13.2. The standard InChI is InChI=1S/C18H12BrClFN3O2/c19-12-3-1-2-11(8-12)16-6-7-18(26)24(23-16)10-17(25)22-13-4-5-15(21)14(20)9-13/h1-9H,10H2,(H,22,25). The van der Waals surface area contributed by atoms with Crippen molar-refractivity contribution in [2.45, 2.75) is 6.54 Å². The first-order chi connectivity index (χ1) is 12.4. The van der Waals surface area contributed by atoms with E-state index >= 15 is 0 Å². The van der Waals surface area contributed by atoms with Gasteiger partial charge in [0.15, 0.2) is 0 Å². The van der Waals surface area contributed by atoms with E-state index in [0.717, 1.165) is 20.8 Å². The molecule has 5 nitrogen and oxygen atoms in total. The van der Waals surface area contributed by atoms with Crippen molar-refractivity contribution >= 4 is 39.1 Å². The van der Waals surface area contributed by atoms with Crippen LogP contribution < -0.4 is 10.9 Å². The molecule has 1 heterocycles. The number of aromatic nitrogens is 2. The van der Waals surface area contributed by atoms with E-state index in [4.69, 9.17) is 11.6 Å². The fourth-order valence-corrected chi connectivity index (χ4v) is 2.85. The van der Waals surface area contributed by atoms with E-state index in [-0.39, 0.29) is 11.6 Å². The quantitative estimate of drug-likeness (QED) is 0.670. The molecule has 0 fully saturated rings. The van der Waals surface area contributed by atoms with Gasteiger partial charge in [-0.25, -0.2) is 9.07 Å². The molecular weight excluding hydrogens is 425 g/mol. The summed E-state index contributed by atoms with van der Waals surface area (Å²) in [4.78, 5) is 24.2.